The molecule has 0 aromatic carbocycles. The molecule has 2 nitrogen and oxygen atoms in total. The summed E-state index contributed by atoms with van der Waals surface area (Å²) in [4.78, 5) is 0. The molecule has 0 aliphatic carbocycles. The third kappa shape index (κ3) is 3.46. The van der Waals surface area contributed by atoms with Crippen molar-refractivity contribution in [3.8, 4) is 0 Å². The molecular formula is C12H16F5NO. The first-order valence-electron chi connectivity index (χ1n) is 6.00. The minimum Gasteiger partial charge on any atom is -0.464 e. The van der Waals surface area contributed by atoms with Gasteiger partial charge in [0.25, 0.3) is 0 Å². The first-order chi connectivity index (χ1) is 8.74. The van der Waals surface area contributed by atoms with Crippen LogP contribution in [0.4, 0.5) is 22.0 Å². The van der Waals surface area contributed by atoms with Gasteiger partial charge in [-0.2, -0.15) is 22.0 Å². The van der Waals surface area contributed by atoms with E-state index in [0.29, 0.717) is 18.6 Å². The van der Waals surface area contributed by atoms with Gasteiger partial charge in [-0.15, -0.1) is 0 Å². The van der Waals surface area contributed by atoms with Gasteiger partial charge in [-0.1, -0.05) is 13.8 Å². The maximum Gasteiger partial charge on any atom is 0.455 e. The molecular weight excluding hydrogens is 269 g/mol. The maximum absolute atomic E-state index is 13.5. The van der Waals surface area contributed by atoms with Gasteiger partial charge >= 0.3 is 12.1 Å². The summed E-state index contributed by atoms with van der Waals surface area (Å²) in [6, 6.07) is 0.363. The first-order valence-corrected chi connectivity index (χ1v) is 6.00. The van der Waals surface area contributed by atoms with Crippen LogP contribution in [0.25, 0.3) is 0 Å². The summed E-state index contributed by atoms with van der Waals surface area (Å²) in [5, 5.41) is 2.21. The Labute approximate surface area is 108 Å². The zero-order valence-corrected chi connectivity index (χ0v) is 10.7. The Morgan fingerprint density at radius 3 is 2.21 bits per heavy atom. The third-order valence-electron chi connectivity index (χ3n) is 2.65. The van der Waals surface area contributed by atoms with Gasteiger partial charge in [0.2, 0.25) is 0 Å². The second-order valence-corrected chi connectivity index (χ2v) is 4.17. The Hall–Kier alpha value is -1.11. The molecule has 1 rings (SSSR count). The predicted octanol–water partition coefficient (Wildman–Crippen LogP) is 4.08. The van der Waals surface area contributed by atoms with Crippen molar-refractivity contribution in [2.24, 2.45) is 0 Å². The topological polar surface area (TPSA) is 25.2 Å². The molecule has 1 heterocycles. The highest BCUT2D eigenvalue weighted by molar-refractivity contribution is 5.14. The zero-order valence-electron chi connectivity index (χ0n) is 10.7. The van der Waals surface area contributed by atoms with Crippen molar-refractivity contribution in [3.63, 3.8) is 0 Å². The van der Waals surface area contributed by atoms with Gasteiger partial charge in [-0.3, -0.25) is 0 Å². The van der Waals surface area contributed by atoms with Crippen LogP contribution in [0.3, 0.4) is 0 Å². The summed E-state index contributed by atoms with van der Waals surface area (Å²) in [7, 11) is 0. The SMILES string of the molecule is CCCNC(c1ccc(CC)o1)C(F)(F)C(F)(F)F. The fourth-order valence-electron chi connectivity index (χ4n) is 1.60. The number of furan rings is 1. The number of rotatable bonds is 6. The van der Waals surface area contributed by atoms with Gasteiger partial charge in [0.05, 0.1) is 0 Å². The van der Waals surface area contributed by atoms with E-state index in [2.05, 4.69) is 5.32 Å². The lowest BCUT2D eigenvalue weighted by molar-refractivity contribution is -0.295. The van der Waals surface area contributed by atoms with E-state index in [9.17, 15) is 22.0 Å². The van der Waals surface area contributed by atoms with Crippen LogP contribution in [0, 0.1) is 0 Å². The van der Waals surface area contributed by atoms with Crippen molar-refractivity contribution in [2.45, 2.75) is 44.8 Å². The zero-order chi connectivity index (χ0) is 14.7. The van der Waals surface area contributed by atoms with Gasteiger partial charge in [0.1, 0.15) is 17.6 Å². The molecule has 1 unspecified atom stereocenters. The van der Waals surface area contributed by atoms with Crippen molar-refractivity contribution in [3.05, 3.63) is 23.7 Å². The third-order valence-corrected chi connectivity index (χ3v) is 2.65. The van der Waals surface area contributed by atoms with Crippen LogP contribution < -0.4 is 5.32 Å². The average molecular weight is 285 g/mol. The average Bonchev–Trinajstić information content (AvgIpc) is 2.76. The summed E-state index contributed by atoms with van der Waals surface area (Å²) >= 11 is 0. The molecule has 0 aliphatic heterocycles. The number of alkyl halides is 5. The molecule has 19 heavy (non-hydrogen) atoms. The standard InChI is InChI=1S/C12H16F5NO/c1-3-7-18-10(11(13,14)12(15,16)17)9-6-5-8(4-2)19-9/h5-6,10,18H,3-4,7H2,1-2H3. The Balaban J connectivity index is 3.07. The molecule has 1 N–H and O–H groups in total. The van der Waals surface area contributed by atoms with Crippen LogP contribution in [0.1, 0.15) is 37.8 Å². The Bertz CT molecular complexity index is 399. The van der Waals surface area contributed by atoms with E-state index < -0.39 is 23.9 Å². The quantitative estimate of drug-likeness (QED) is 0.797. The van der Waals surface area contributed by atoms with E-state index >= 15 is 0 Å². The van der Waals surface area contributed by atoms with Crippen molar-refractivity contribution in [1.29, 1.82) is 0 Å². The van der Waals surface area contributed by atoms with Crippen molar-refractivity contribution < 1.29 is 26.4 Å². The van der Waals surface area contributed by atoms with Crippen molar-refractivity contribution in [2.75, 3.05) is 6.54 Å². The summed E-state index contributed by atoms with van der Waals surface area (Å²) in [6.45, 7) is 3.44. The lowest BCUT2D eigenvalue weighted by Gasteiger charge is -2.28. The predicted molar refractivity (Wildman–Crippen MR) is 60.1 cm³/mol. The van der Waals surface area contributed by atoms with Crippen LogP contribution in [0.15, 0.2) is 16.5 Å². The molecule has 1 aromatic rings. The van der Waals surface area contributed by atoms with E-state index in [1.54, 1.807) is 13.8 Å². The molecule has 0 bridgehead atoms. The molecule has 0 amide bonds. The largest absolute Gasteiger partial charge is 0.464 e. The van der Waals surface area contributed by atoms with E-state index in [4.69, 9.17) is 4.42 Å². The van der Waals surface area contributed by atoms with E-state index in [1.807, 2.05) is 0 Å². The van der Waals surface area contributed by atoms with Crippen LogP contribution in [0.2, 0.25) is 0 Å². The second kappa shape index (κ2) is 5.90. The lowest BCUT2D eigenvalue weighted by atomic mass is 10.1. The monoisotopic (exact) mass is 285 g/mol. The normalized spacial score (nSPS) is 14.7. The molecule has 0 aliphatic rings. The molecule has 7 heteroatoms. The lowest BCUT2D eigenvalue weighted by Crippen LogP contribution is -2.48. The number of halogens is 5. The highest BCUT2D eigenvalue weighted by Gasteiger charge is 2.63. The fourth-order valence-corrected chi connectivity index (χ4v) is 1.60. The van der Waals surface area contributed by atoms with Crippen LogP contribution in [-0.4, -0.2) is 18.6 Å². The Kier molecular flexibility index (Phi) is 4.95. The van der Waals surface area contributed by atoms with E-state index in [1.165, 1.54) is 6.07 Å². The second-order valence-electron chi connectivity index (χ2n) is 4.17. The van der Waals surface area contributed by atoms with Gasteiger partial charge in [0.15, 0.2) is 0 Å². The molecule has 0 saturated heterocycles. The molecule has 0 spiro atoms. The van der Waals surface area contributed by atoms with E-state index in [-0.39, 0.29) is 6.54 Å². The van der Waals surface area contributed by atoms with Crippen LogP contribution in [-0.2, 0) is 6.42 Å². The highest BCUT2D eigenvalue weighted by atomic mass is 19.4. The number of hydrogen-bond acceptors (Lipinski definition) is 2. The Morgan fingerprint density at radius 2 is 1.79 bits per heavy atom. The van der Waals surface area contributed by atoms with Crippen molar-refractivity contribution in [1.82, 2.24) is 5.32 Å². The van der Waals surface area contributed by atoms with Crippen molar-refractivity contribution >= 4 is 0 Å². The fraction of sp³-hybridized carbons (Fsp3) is 0.667. The molecule has 0 fully saturated rings. The Morgan fingerprint density at radius 1 is 1.16 bits per heavy atom. The smallest absolute Gasteiger partial charge is 0.455 e. The van der Waals surface area contributed by atoms with Gasteiger partial charge in [-0.05, 0) is 25.1 Å². The highest BCUT2D eigenvalue weighted by Crippen LogP contribution is 2.44. The molecule has 0 saturated carbocycles. The van der Waals surface area contributed by atoms with E-state index in [0.717, 1.165) is 6.07 Å². The molecule has 0 radical (unpaired) electrons. The maximum atomic E-state index is 13.5. The minimum atomic E-state index is -5.63. The van der Waals surface area contributed by atoms with Gasteiger partial charge < -0.3 is 9.73 Å². The first kappa shape index (κ1) is 15.9. The summed E-state index contributed by atoms with van der Waals surface area (Å²) in [6.07, 6.45) is -4.76. The summed E-state index contributed by atoms with van der Waals surface area (Å²) in [5.41, 5.74) is 0. The minimum absolute atomic E-state index is 0.0402. The number of aryl methyl sites for hydroxylation is 1. The van der Waals surface area contributed by atoms with Crippen LogP contribution in [0.5, 0.6) is 0 Å². The van der Waals surface area contributed by atoms with Crippen LogP contribution >= 0.6 is 0 Å². The van der Waals surface area contributed by atoms with Gasteiger partial charge in [-0.25, -0.2) is 0 Å². The van der Waals surface area contributed by atoms with Gasteiger partial charge in [0, 0.05) is 6.42 Å². The molecule has 110 valence electrons. The summed E-state index contributed by atoms with van der Waals surface area (Å²) < 4.78 is 69.3. The summed E-state index contributed by atoms with van der Waals surface area (Å²) in [5.74, 6) is -4.91. The molecule has 1 aromatic heterocycles. The number of hydrogen-bond donors (Lipinski definition) is 1. The number of nitrogens with one attached hydrogen (secondary N) is 1. The molecule has 1 atom stereocenters.